The zero-order valence-corrected chi connectivity index (χ0v) is 19.6. The molecule has 1 atom stereocenters. The fraction of sp³-hybridized carbons (Fsp3) is 0.182. The Kier molecular flexibility index (Phi) is 6.62. The zero-order valence-electron chi connectivity index (χ0n) is 18.8. The maximum Gasteiger partial charge on any atom is 0.247 e. The molecule has 13 heteroatoms. The molecule has 3 N–H and O–H groups in total. The summed E-state index contributed by atoms with van der Waals surface area (Å²) in [6.07, 6.45) is 2.51. The number of rotatable bonds is 8. The van der Waals surface area contributed by atoms with Gasteiger partial charge in [0.25, 0.3) is 0 Å². The number of amides is 1. The van der Waals surface area contributed by atoms with E-state index in [1.54, 1.807) is 19.3 Å². The Morgan fingerprint density at radius 2 is 1.94 bits per heavy atom. The van der Waals surface area contributed by atoms with E-state index in [0.717, 1.165) is 23.5 Å². The smallest absolute Gasteiger partial charge is 0.247 e. The van der Waals surface area contributed by atoms with E-state index >= 15 is 0 Å². The average molecular weight is 503 g/mol. The topological polar surface area (TPSA) is 123 Å². The number of thiazole rings is 1. The van der Waals surface area contributed by atoms with Crippen molar-refractivity contribution >= 4 is 44.8 Å². The van der Waals surface area contributed by atoms with E-state index in [1.807, 2.05) is 0 Å². The molecule has 0 radical (unpaired) electrons. The number of ether oxygens (including phenoxy) is 2. The number of fused-ring (bicyclic) bond motifs is 1. The number of hydrogen-bond acceptors (Lipinski definition) is 9. The second-order valence-electron chi connectivity index (χ2n) is 7.20. The number of benzene rings is 1. The summed E-state index contributed by atoms with van der Waals surface area (Å²) < 4.78 is 41.6. The molecular weight excluding hydrogens is 482 g/mol. The highest BCUT2D eigenvalue weighted by molar-refractivity contribution is 7.18. The number of aliphatic hydroxyl groups is 1. The predicted molar refractivity (Wildman–Crippen MR) is 126 cm³/mol. The van der Waals surface area contributed by atoms with Crippen LogP contribution < -0.4 is 20.1 Å². The minimum Gasteiger partial charge on any atom is -0.494 e. The fourth-order valence-corrected chi connectivity index (χ4v) is 4.20. The number of pyridine rings is 1. The van der Waals surface area contributed by atoms with Crippen LogP contribution in [0.15, 0.2) is 37.2 Å². The zero-order chi connectivity index (χ0) is 25.3. The Balaban J connectivity index is 1.67. The molecule has 0 saturated carbocycles. The van der Waals surface area contributed by atoms with E-state index in [0.29, 0.717) is 27.5 Å². The second-order valence-corrected chi connectivity index (χ2v) is 8.26. The third kappa shape index (κ3) is 4.63. The monoisotopic (exact) mass is 502 g/mol. The van der Waals surface area contributed by atoms with E-state index in [-0.39, 0.29) is 16.5 Å². The number of carbonyl (C=O) groups is 1. The van der Waals surface area contributed by atoms with Gasteiger partial charge in [-0.05, 0) is 6.08 Å². The van der Waals surface area contributed by atoms with Crippen LogP contribution in [0.4, 0.5) is 26.1 Å². The fourth-order valence-electron chi connectivity index (χ4n) is 3.28. The number of nitrogens with zero attached hydrogens (tertiary/aromatic N) is 4. The Morgan fingerprint density at radius 3 is 2.57 bits per heavy atom. The largest absolute Gasteiger partial charge is 0.494 e. The average Bonchev–Trinajstić information content (AvgIpc) is 3.41. The summed E-state index contributed by atoms with van der Waals surface area (Å²) in [5.41, 5.74) is 0.194. The molecule has 35 heavy (non-hydrogen) atoms. The molecule has 4 rings (SSSR count). The van der Waals surface area contributed by atoms with Crippen molar-refractivity contribution in [2.45, 2.75) is 6.10 Å². The third-order valence-corrected chi connectivity index (χ3v) is 5.98. The molecule has 0 aliphatic carbocycles. The number of aryl methyl sites for hydroxylation is 1. The van der Waals surface area contributed by atoms with Crippen molar-refractivity contribution in [3.63, 3.8) is 0 Å². The quantitative estimate of drug-likeness (QED) is 0.312. The lowest BCUT2D eigenvalue weighted by molar-refractivity contribution is -0.111. The van der Waals surface area contributed by atoms with Gasteiger partial charge in [0.1, 0.15) is 22.6 Å². The summed E-state index contributed by atoms with van der Waals surface area (Å²) in [5, 5.41) is 20.7. The number of aromatic nitrogens is 4. The van der Waals surface area contributed by atoms with Gasteiger partial charge in [-0.15, -0.1) is 11.3 Å². The Morgan fingerprint density at radius 1 is 1.26 bits per heavy atom. The van der Waals surface area contributed by atoms with Gasteiger partial charge in [-0.25, -0.2) is 18.7 Å². The maximum absolute atomic E-state index is 14.8. The van der Waals surface area contributed by atoms with E-state index in [2.05, 4.69) is 32.3 Å². The lowest BCUT2D eigenvalue weighted by Gasteiger charge is -2.15. The summed E-state index contributed by atoms with van der Waals surface area (Å²) in [6, 6.07) is 2.64. The van der Waals surface area contributed by atoms with Crippen molar-refractivity contribution in [1.29, 1.82) is 0 Å². The number of methoxy groups -OCH3 is 2. The highest BCUT2D eigenvalue weighted by Crippen LogP contribution is 2.39. The molecule has 182 valence electrons. The Labute approximate surface area is 201 Å². The SMILES string of the molecule is C=CC(=O)Nc1cn(C)nc1Nc1cc2nc(C(O)c3c(F)c(OC)cc(OC)c3F)sc2cn1. The van der Waals surface area contributed by atoms with Gasteiger partial charge in [0.2, 0.25) is 5.91 Å². The van der Waals surface area contributed by atoms with Crippen LogP contribution in [0.25, 0.3) is 10.2 Å². The summed E-state index contributed by atoms with van der Waals surface area (Å²) >= 11 is 1.02. The van der Waals surface area contributed by atoms with E-state index < -0.39 is 29.2 Å². The van der Waals surface area contributed by atoms with Crippen LogP contribution in [0.3, 0.4) is 0 Å². The van der Waals surface area contributed by atoms with Gasteiger partial charge in [0.05, 0.1) is 36.2 Å². The van der Waals surface area contributed by atoms with Gasteiger partial charge in [0.15, 0.2) is 29.0 Å². The van der Waals surface area contributed by atoms with Gasteiger partial charge >= 0.3 is 0 Å². The first-order chi connectivity index (χ1) is 16.7. The number of aliphatic hydroxyl groups excluding tert-OH is 1. The van der Waals surface area contributed by atoms with Crippen LogP contribution >= 0.6 is 11.3 Å². The van der Waals surface area contributed by atoms with Gasteiger partial charge in [-0.3, -0.25) is 9.48 Å². The molecule has 1 aromatic carbocycles. The van der Waals surface area contributed by atoms with Crippen molar-refractivity contribution in [1.82, 2.24) is 19.7 Å². The molecule has 10 nitrogen and oxygen atoms in total. The standard InChI is InChI=1S/C22H20F2N6O4S/c1-5-16(31)26-11-9-30(2)29-21(11)28-15-6-10-14(8-25-15)35-22(27-10)20(32)17-18(23)12(33-3)7-13(34-4)19(17)24/h5-9,20,32H,1H2,2-4H3,(H,26,31)(H,25,28,29). The molecule has 3 heterocycles. The summed E-state index contributed by atoms with van der Waals surface area (Å²) in [6.45, 7) is 3.42. The van der Waals surface area contributed by atoms with E-state index in [1.165, 1.54) is 25.1 Å². The molecule has 0 spiro atoms. The first-order valence-electron chi connectivity index (χ1n) is 10.0. The lowest BCUT2D eigenvalue weighted by Crippen LogP contribution is -2.08. The van der Waals surface area contributed by atoms with Crippen LogP contribution in [-0.2, 0) is 11.8 Å². The molecule has 0 bridgehead atoms. The Hall–Kier alpha value is -4.10. The molecule has 0 saturated heterocycles. The molecular formula is C22H20F2N6O4S. The highest BCUT2D eigenvalue weighted by atomic mass is 32.1. The highest BCUT2D eigenvalue weighted by Gasteiger charge is 2.28. The van der Waals surface area contributed by atoms with Gasteiger partial charge in [0, 0.05) is 25.4 Å². The number of nitrogens with one attached hydrogen (secondary N) is 2. The molecule has 0 aliphatic heterocycles. The second kappa shape index (κ2) is 9.64. The van der Waals surface area contributed by atoms with Crippen molar-refractivity contribution in [3.05, 3.63) is 59.4 Å². The number of hydrogen-bond donors (Lipinski definition) is 3. The van der Waals surface area contributed by atoms with Crippen LogP contribution in [0.1, 0.15) is 16.7 Å². The van der Waals surface area contributed by atoms with Crippen molar-refractivity contribution in [2.24, 2.45) is 7.05 Å². The minimum atomic E-state index is -1.72. The lowest BCUT2D eigenvalue weighted by atomic mass is 10.1. The normalized spacial score (nSPS) is 11.8. The van der Waals surface area contributed by atoms with Crippen molar-refractivity contribution < 1.29 is 28.2 Å². The maximum atomic E-state index is 14.8. The van der Waals surface area contributed by atoms with Gasteiger partial charge in [-0.1, -0.05) is 6.58 Å². The van der Waals surface area contributed by atoms with Crippen LogP contribution in [0.2, 0.25) is 0 Å². The van der Waals surface area contributed by atoms with Crippen molar-refractivity contribution in [3.8, 4) is 11.5 Å². The first-order valence-corrected chi connectivity index (χ1v) is 10.9. The molecule has 0 fully saturated rings. The van der Waals surface area contributed by atoms with Gasteiger partial charge < -0.3 is 25.2 Å². The van der Waals surface area contributed by atoms with Crippen molar-refractivity contribution in [2.75, 3.05) is 24.9 Å². The summed E-state index contributed by atoms with van der Waals surface area (Å²) in [5.74, 6) is -2.39. The summed E-state index contributed by atoms with van der Waals surface area (Å²) in [4.78, 5) is 20.3. The number of halogens is 2. The van der Waals surface area contributed by atoms with Gasteiger partial charge in [-0.2, -0.15) is 5.10 Å². The number of anilines is 3. The molecule has 3 aromatic heterocycles. The number of carbonyl (C=O) groups excluding carboxylic acids is 1. The van der Waals surface area contributed by atoms with Crippen LogP contribution in [0.5, 0.6) is 11.5 Å². The van der Waals surface area contributed by atoms with Crippen LogP contribution in [0, 0.1) is 11.6 Å². The summed E-state index contributed by atoms with van der Waals surface area (Å²) in [7, 11) is 4.13. The Bertz CT molecular complexity index is 1410. The van der Waals surface area contributed by atoms with E-state index in [9.17, 15) is 18.7 Å². The first kappa shape index (κ1) is 24.0. The third-order valence-electron chi connectivity index (χ3n) is 4.93. The minimum absolute atomic E-state index is 0.0452. The van der Waals surface area contributed by atoms with E-state index in [4.69, 9.17) is 9.47 Å². The molecule has 1 amide bonds. The van der Waals surface area contributed by atoms with Crippen LogP contribution in [-0.4, -0.2) is 45.0 Å². The molecule has 4 aromatic rings. The predicted octanol–water partition coefficient (Wildman–Crippen LogP) is 3.67. The molecule has 1 unspecified atom stereocenters. The molecule has 0 aliphatic rings.